The van der Waals surface area contributed by atoms with E-state index in [9.17, 15) is 40.2 Å². The van der Waals surface area contributed by atoms with Gasteiger partial charge >= 0.3 is 11.9 Å². The number of phenols is 2. The maximum absolute atomic E-state index is 13.4. The Hall–Kier alpha value is -3.38. The molecule has 1 heterocycles. The van der Waals surface area contributed by atoms with Gasteiger partial charge in [0.05, 0.1) is 6.10 Å². The normalized spacial score (nSPS) is 21.0. The Morgan fingerprint density at radius 3 is 1.81 bits per heavy atom. The molecular weight excluding hydrogens is 608 g/mol. The third-order valence-electron chi connectivity index (χ3n) is 8.70. The average molecular weight is 661 g/mol. The Balaban J connectivity index is 1.68. The first-order valence-corrected chi connectivity index (χ1v) is 17.0. The highest BCUT2D eigenvalue weighted by atomic mass is 16.7. The standard InChI is InChI=1S/C36H52O11/c1-4-5-6-7-8-9-10-11-12-13-14-15-16-17-24-19-26(47-36-33(41)32(40)31(39)23(3)45-36)21-28(38)30(24)35(44)46-25-18-22(2)29(34(42)43)27(37)20-25/h18-21,23,31-33,36-41H,4-17H2,1-3H3,(H,42,43). The summed E-state index contributed by atoms with van der Waals surface area (Å²) in [5.41, 5.74) is 0.171. The van der Waals surface area contributed by atoms with E-state index < -0.39 is 54.1 Å². The summed E-state index contributed by atoms with van der Waals surface area (Å²) >= 11 is 0. The molecule has 0 saturated carbocycles. The summed E-state index contributed by atoms with van der Waals surface area (Å²) in [6.07, 6.45) is 9.03. The molecule has 0 spiro atoms. The Morgan fingerprint density at radius 1 is 0.723 bits per heavy atom. The molecule has 11 nitrogen and oxygen atoms in total. The smallest absolute Gasteiger partial charge is 0.347 e. The number of carboxylic acid groups (broad SMARTS) is 1. The highest BCUT2D eigenvalue weighted by Gasteiger charge is 2.43. The number of aromatic hydroxyl groups is 2. The van der Waals surface area contributed by atoms with E-state index in [1.807, 2.05) is 0 Å². The number of carboxylic acids is 1. The third kappa shape index (κ3) is 11.1. The first-order valence-electron chi connectivity index (χ1n) is 17.0. The molecule has 1 aliphatic rings. The first kappa shape index (κ1) is 38.1. The van der Waals surface area contributed by atoms with Crippen LogP contribution in [0.25, 0.3) is 0 Å². The number of ether oxygens (including phenoxy) is 3. The number of unbranched alkanes of at least 4 members (excludes halogenated alkanes) is 12. The van der Waals surface area contributed by atoms with Crippen LogP contribution in [-0.2, 0) is 11.2 Å². The van der Waals surface area contributed by atoms with Crippen LogP contribution in [0.15, 0.2) is 24.3 Å². The number of carbonyl (C=O) groups excluding carboxylic acids is 1. The van der Waals surface area contributed by atoms with Crippen molar-refractivity contribution in [3.63, 3.8) is 0 Å². The second-order valence-corrected chi connectivity index (χ2v) is 12.6. The van der Waals surface area contributed by atoms with Gasteiger partial charge in [0.25, 0.3) is 0 Å². The van der Waals surface area contributed by atoms with Crippen molar-refractivity contribution >= 4 is 11.9 Å². The number of aliphatic hydroxyl groups excluding tert-OH is 3. The molecule has 1 aliphatic heterocycles. The summed E-state index contributed by atoms with van der Waals surface area (Å²) in [5, 5.41) is 61.1. The quantitative estimate of drug-likeness (QED) is 0.0576. The number of carbonyl (C=O) groups is 2. The van der Waals surface area contributed by atoms with Gasteiger partial charge in [-0.2, -0.15) is 0 Å². The summed E-state index contributed by atoms with van der Waals surface area (Å²) in [4.78, 5) is 24.8. The van der Waals surface area contributed by atoms with Crippen molar-refractivity contribution in [3.8, 4) is 23.0 Å². The van der Waals surface area contributed by atoms with Gasteiger partial charge < -0.3 is 44.8 Å². The van der Waals surface area contributed by atoms with E-state index in [4.69, 9.17) is 14.2 Å². The van der Waals surface area contributed by atoms with Gasteiger partial charge in [-0.15, -0.1) is 0 Å². The molecule has 5 unspecified atom stereocenters. The number of hydrogen-bond acceptors (Lipinski definition) is 10. The highest BCUT2D eigenvalue weighted by Crippen LogP contribution is 2.34. The van der Waals surface area contributed by atoms with E-state index in [1.54, 1.807) is 0 Å². The zero-order chi connectivity index (χ0) is 34.5. The fourth-order valence-electron chi connectivity index (χ4n) is 5.97. The molecule has 2 aromatic carbocycles. The van der Waals surface area contributed by atoms with E-state index in [0.29, 0.717) is 18.4 Å². The van der Waals surface area contributed by atoms with Crippen molar-refractivity contribution in [1.82, 2.24) is 0 Å². The largest absolute Gasteiger partial charge is 0.507 e. The lowest BCUT2D eigenvalue weighted by atomic mass is 9.98. The van der Waals surface area contributed by atoms with Crippen LogP contribution in [0.2, 0.25) is 0 Å². The molecule has 0 bridgehead atoms. The second-order valence-electron chi connectivity index (χ2n) is 12.6. The number of aliphatic hydroxyl groups is 3. The molecule has 11 heteroatoms. The Morgan fingerprint density at radius 2 is 1.26 bits per heavy atom. The number of hydrogen-bond donors (Lipinski definition) is 6. The van der Waals surface area contributed by atoms with Gasteiger partial charge in [-0.25, -0.2) is 9.59 Å². The van der Waals surface area contributed by atoms with Gasteiger partial charge in [0.1, 0.15) is 52.4 Å². The molecule has 6 N–H and O–H groups in total. The summed E-state index contributed by atoms with van der Waals surface area (Å²) in [6, 6.07) is 5.03. The molecule has 0 aliphatic carbocycles. The molecular formula is C36H52O11. The minimum atomic E-state index is -1.57. The van der Waals surface area contributed by atoms with Gasteiger partial charge in [0.15, 0.2) is 0 Å². The van der Waals surface area contributed by atoms with E-state index in [-0.39, 0.29) is 28.2 Å². The number of esters is 1. The van der Waals surface area contributed by atoms with Crippen LogP contribution >= 0.6 is 0 Å². The van der Waals surface area contributed by atoms with Crippen LogP contribution in [-0.4, -0.2) is 73.3 Å². The molecule has 262 valence electrons. The van der Waals surface area contributed by atoms with Crippen LogP contribution in [0.3, 0.4) is 0 Å². The van der Waals surface area contributed by atoms with Gasteiger partial charge in [-0.05, 0) is 49.9 Å². The zero-order valence-electron chi connectivity index (χ0n) is 27.8. The van der Waals surface area contributed by atoms with Crippen molar-refractivity contribution in [1.29, 1.82) is 0 Å². The Bertz CT molecular complexity index is 1290. The lowest BCUT2D eigenvalue weighted by Crippen LogP contribution is -2.58. The predicted molar refractivity (Wildman–Crippen MR) is 175 cm³/mol. The second kappa shape index (κ2) is 18.8. The molecule has 1 fully saturated rings. The number of rotatable bonds is 19. The molecule has 2 aromatic rings. The molecule has 3 rings (SSSR count). The molecule has 5 atom stereocenters. The van der Waals surface area contributed by atoms with Crippen molar-refractivity contribution in [3.05, 3.63) is 46.5 Å². The van der Waals surface area contributed by atoms with Crippen molar-refractivity contribution in [2.45, 2.75) is 141 Å². The fourth-order valence-corrected chi connectivity index (χ4v) is 5.97. The minimum absolute atomic E-state index is 0.0721. The molecule has 0 aromatic heterocycles. The molecule has 47 heavy (non-hydrogen) atoms. The SMILES string of the molecule is CCCCCCCCCCCCCCCc1cc(OC2OC(C)C(O)C(O)C2O)cc(O)c1C(=O)Oc1cc(C)c(C(=O)O)c(O)c1. The monoisotopic (exact) mass is 660 g/mol. The fraction of sp³-hybridized carbons (Fsp3) is 0.611. The average Bonchev–Trinajstić information content (AvgIpc) is 3.00. The van der Waals surface area contributed by atoms with Gasteiger partial charge in [0.2, 0.25) is 6.29 Å². The van der Waals surface area contributed by atoms with Crippen molar-refractivity contribution < 1.29 is 54.4 Å². The lowest BCUT2D eigenvalue weighted by Gasteiger charge is -2.38. The molecule has 0 radical (unpaired) electrons. The third-order valence-corrected chi connectivity index (χ3v) is 8.70. The summed E-state index contributed by atoms with van der Waals surface area (Å²) in [7, 11) is 0. The number of benzene rings is 2. The molecule has 0 amide bonds. The zero-order valence-corrected chi connectivity index (χ0v) is 27.8. The Kier molecular flexibility index (Phi) is 15.3. The lowest BCUT2D eigenvalue weighted by molar-refractivity contribution is -0.268. The van der Waals surface area contributed by atoms with Crippen LogP contribution in [0, 0.1) is 6.92 Å². The topological polar surface area (TPSA) is 183 Å². The maximum Gasteiger partial charge on any atom is 0.347 e. The summed E-state index contributed by atoms with van der Waals surface area (Å²) in [5.74, 6) is -3.28. The van der Waals surface area contributed by atoms with E-state index in [1.165, 1.54) is 83.8 Å². The van der Waals surface area contributed by atoms with Gasteiger partial charge in [-0.3, -0.25) is 0 Å². The van der Waals surface area contributed by atoms with Crippen LogP contribution in [0.1, 0.15) is 129 Å². The molecule has 1 saturated heterocycles. The van der Waals surface area contributed by atoms with Crippen LogP contribution < -0.4 is 9.47 Å². The van der Waals surface area contributed by atoms with Crippen LogP contribution in [0.4, 0.5) is 0 Å². The van der Waals surface area contributed by atoms with Gasteiger partial charge in [-0.1, -0.05) is 84.0 Å². The van der Waals surface area contributed by atoms with Gasteiger partial charge in [0, 0.05) is 12.1 Å². The maximum atomic E-state index is 13.4. The number of phenolic OH excluding ortho intramolecular Hbond substituents is 1. The minimum Gasteiger partial charge on any atom is -0.507 e. The van der Waals surface area contributed by atoms with E-state index in [2.05, 4.69) is 6.92 Å². The van der Waals surface area contributed by atoms with E-state index in [0.717, 1.165) is 31.4 Å². The summed E-state index contributed by atoms with van der Waals surface area (Å²) in [6.45, 7) is 5.21. The first-order chi connectivity index (χ1) is 22.4. The van der Waals surface area contributed by atoms with Crippen molar-refractivity contribution in [2.75, 3.05) is 0 Å². The number of aromatic carboxylic acids is 1. The Labute approximate surface area is 277 Å². The van der Waals surface area contributed by atoms with Crippen LogP contribution in [0.5, 0.6) is 23.0 Å². The van der Waals surface area contributed by atoms with E-state index >= 15 is 0 Å². The predicted octanol–water partition coefficient (Wildman–Crippen LogP) is 6.16. The van der Waals surface area contributed by atoms with Crippen molar-refractivity contribution in [2.24, 2.45) is 0 Å². The highest BCUT2D eigenvalue weighted by molar-refractivity contribution is 5.96. The summed E-state index contributed by atoms with van der Waals surface area (Å²) < 4.78 is 16.8. The number of aryl methyl sites for hydroxylation is 2.